The zero-order valence-electron chi connectivity index (χ0n) is 14.6. The lowest BCUT2D eigenvalue weighted by Crippen LogP contribution is -2.37. The minimum atomic E-state index is -0.409. The van der Waals surface area contributed by atoms with E-state index < -0.39 is 5.76 Å². The number of hydrogen-bond donors (Lipinski definition) is 1. The van der Waals surface area contributed by atoms with Gasteiger partial charge in [0.25, 0.3) is 0 Å². The average Bonchev–Trinajstić information content (AvgIpc) is 3.02. The molecule has 0 radical (unpaired) electrons. The van der Waals surface area contributed by atoms with E-state index in [1.54, 1.807) is 6.07 Å². The highest BCUT2D eigenvalue weighted by Gasteiger charge is 2.32. The van der Waals surface area contributed by atoms with E-state index in [1.807, 2.05) is 19.1 Å². The topological polar surface area (TPSA) is 67.5 Å². The number of carbonyl (C=O) groups is 1. The number of rotatable bonds is 5. The summed E-state index contributed by atoms with van der Waals surface area (Å²) in [6, 6.07) is 5.61. The zero-order chi connectivity index (χ0) is 17.3. The lowest BCUT2D eigenvalue weighted by Gasteiger charge is -2.24. The Hall–Kier alpha value is -2.08. The van der Waals surface area contributed by atoms with Crippen molar-refractivity contribution in [2.75, 3.05) is 26.7 Å². The van der Waals surface area contributed by atoms with Crippen LogP contribution in [0.5, 0.6) is 0 Å². The van der Waals surface area contributed by atoms with Gasteiger partial charge in [-0.2, -0.15) is 0 Å². The third kappa shape index (κ3) is 3.53. The third-order valence-corrected chi connectivity index (χ3v) is 4.85. The molecular formula is C18H25N3O3. The van der Waals surface area contributed by atoms with E-state index in [-0.39, 0.29) is 17.7 Å². The number of amides is 1. The van der Waals surface area contributed by atoms with Gasteiger partial charge in [0.05, 0.1) is 5.52 Å². The molecular weight excluding hydrogens is 306 g/mol. The number of oxazole rings is 1. The first-order chi connectivity index (χ1) is 11.4. The van der Waals surface area contributed by atoms with Gasteiger partial charge >= 0.3 is 5.76 Å². The molecule has 0 unspecified atom stereocenters. The second kappa shape index (κ2) is 6.43. The number of nitrogens with one attached hydrogen (secondary N) is 1. The Kier molecular flexibility index (Phi) is 4.49. The minimum Gasteiger partial charge on any atom is -0.408 e. The Morgan fingerprint density at radius 2 is 2.21 bits per heavy atom. The van der Waals surface area contributed by atoms with Crippen LogP contribution in [0, 0.1) is 12.3 Å². The van der Waals surface area contributed by atoms with Gasteiger partial charge in [0, 0.05) is 26.1 Å². The highest BCUT2D eigenvalue weighted by molar-refractivity contribution is 5.77. The number of likely N-dealkylation sites (tertiary alicyclic amines) is 1. The van der Waals surface area contributed by atoms with Crippen LogP contribution in [0.1, 0.15) is 25.3 Å². The summed E-state index contributed by atoms with van der Waals surface area (Å²) in [7, 11) is 2.10. The molecule has 0 aliphatic carbocycles. The first kappa shape index (κ1) is 16.8. The van der Waals surface area contributed by atoms with E-state index in [0.29, 0.717) is 18.7 Å². The molecule has 1 N–H and O–H groups in total. The van der Waals surface area contributed by atoms with Gasteiger partial charge < -0.3 is 14.6 Å². The predicted molar refractivity (Wildman–Crippen MR) is 93.1 cm³/mol. The lowest BCUT2D eigenvalue weighted by atomic mass is 9.90. The number of benzene rings is 1. The summed E-state index contributed by atoms with van der Waals surface area (Å²) < 4.78 is 6.76. The largest absolute Gasteiger partial charge is 0.419 e. The second-order valence-corrected chi connectivity index (χ2v) is 7.32. The molecule has 6 nitrogen and oxygen atoms in total. The highest BCUT2D eigenvalue weighted by Crippen LogP contribution is 2.27. The smallest absolute Gasteiger partial charge is 0.408 e. The first-order valence-corrected chi connectivity index (χ1v) is 8.42. The van der Waals surface area contributed by atoms with Gasteiger partial charge in [-0.05, 0) is 50.0 Å². The molecule has 1 aromatic carbocycles. The van der Waals surface area contributed by atoms with E-state index in [4.69, 9.17) is 4.42 Å². The van der Waals surface area contributed by atoms with E-state index >= 15 is 0 Å². The number of aromatic nitrogens is 1. The maximum atomic E-state index is 12.2. The highest BCUT2D eigenvalue weighted by atomic mass is 16.4. The molecule has 130 valence electrons. The molecule has 1 aliphatic heterocycles. The molecule has 0 bridgehead atoms. The average molecular weight is 331 g/mol. The number of nitrogens with zero attached hydrogens (tertiary/aromatic N) is 2. The van der Waals surface area contributed by atoms with Crippen LogP contribution >= 0.6 is 0 Å². The SMILES string of the molecule is Cc1ccc2oc(=O)n(CCC(=O)NC[C@]3(C)CCN(C)C3)c2c1. The van der Waals surface area contributed by atoms with Crippen molar-refractivity contribution in [3.63, 3.8) is 0 Å². The summed E-state index contributed by atoms with van der Waals surface area (Å²) in [5.74, 6) is -0.438. The predicted octanol–water partition coefficient (Wildman–Crippen LogP) is 1.75. The summed E-state index contributed by atoms with van der Waals surface area (Å²) in [5, 5.41) is 3.02. The van der Waals surface area contributed by atoms with Crippen molar-refractivity contribution in [1.29, 1.82) is 0 Å². The number of fused-ring (bicyclic) bond motifs is 1. The van der Waals surface area contributed by atoms with Gasteiger partial charge in [-0.15, -0.1) is 0 Å². The van der Waals surface area contributed by atoms with E-state index in [2.05, 4.69) is 24.2 Å². The van der Waals surface area contributed by atoms with Crippen molar-refractivity contribution >= 4 is 17.0 Å². The summed E-state index contributed by atoms with van der Waals surface area (Å²) in [4.78, 5) is 26.4. The van der Waals surface area contributed by atoms with E-state index in [0.717, 1.165) is 30.6 Å². The minimum absolute atomic E-state index is 0.0281. The summed E-state index contributed by atoms with van der Waals surface area (Å²) >= 11 is 0. The molecule has 1 atom stereocenters. The Bertz CT molecular complexity index is 807. The lowest BCUT2D eigenvalue weighted by molar-refractivity contribution is -0.121. The van der Waals surface area contributed by atoms with Crippen molar-refractivity contribution < 1.29 is 9.21 Å². The van der Waals surface area contributed by atoms with Crippen LogP contribution in [0.2, 0.25) is 0 Å². The molecule has 1 fully saturated rings. The molecule has 1 saturated heterocycles. The molecule has 2 aromatic rings. The van der Waals surface area contributed by atoms with Crippen LogP contribution in [0.4, 0.5) is 0 Å². The number of hydrogen-bond acceptors (Lipinski definition) is 4. The van der Waals surface area contributed by atoms with Crippen molar-refractivity contribution in [1.82, 2.24) is 14.8 Å². The summed E-state index contributed by atoms with van der Waals surface area (Å²) in [6.45, 7) is 7.25. The zero-order valence-corrected chi connectivity index (χ0v) is 14.6. The van der Waals surface area contributed by atoms with E-state index in [9.17, 15) is 9.59 Å². The number of aryl methyl sites for hydroxylation is 2. The molecule has 6 heteroatoms. The molecule has 0 spiro atoms. The molecule has 0 saturated carbocycles. The van der Waals surface area contributed by atoms with Crippen molar-refractivity contribution in [3.8, 4) is 0 Å². The first-order valence-electron chi connectivity index (χ1n) is 8.42. The monoisotopic (exact) mass is 331 g/mol. The van der Waals surface area contributed by atoms with Crippen LogP contribution in [0.25, 0.3) is 11.1 Å². The molecule has 24 heavy (non-hydrogen) atoms. The second-order valence-electron chi connectivity index (χ2n) is 7.32. The van der Waals surface area contributed by atoms with Crippen LogP contribution < -0.4 is 11.1 Å². The number of carbonyl (C=O) groups excluding carboxylic acids is 1. The van der Waals surface area contributed by atoms with Crippen molar-refractivity contribution in [2.45, 2.75) is 33.2 Å². The van der Waals surface area contributed by atoms with Gasteiger partial charge in [0.2, 0.25) is 5.91 Å². The van der Waals surface area contributed by atoms with Crippen LogP contribution in [-0.2, 0) is 11.3 Å². The fourth-order valence-electron chi connectivity index (χ4n) is 3.41. The molecule has 3 rings (SSSR count). The van der Waals surface area contributed by atoms with Crippen LogP contribution in [0.15, 0.2) is 27.4 Å². The molecule has 1 aromatic heterocycles. The third-order valence-electron chi connectivity index (χ3n) is 4.85. The van der Waals surface area contributed by atoms with Crippen molar-refractivity contribution in [2.24, 2.45) is 5.41 Å². The fraction of sp³-hybridized carbons (Fsp3) is 0.556. The fourth-order valence-corrected chi connectivity index (χ4v) is 3.41. The maximum absolute atomic E-state index is 12.2. The Labute approximate surface area is 141 Å². The van der Waals surface area contributed by atoms with Gasteiger partial charge in [-0.1, -0.05) is 13.0 Å². The van der Waals surface area contributed by atoms with Gasteiger partial charge in [-0.25, -0.2) is 4.79 Å². The van der Waals surface area contributed by atoms with Crippen LogP contribution in [-0.4, -0.2) is 42.1 Å². The van der Waals surface area contributed by atoms with Gasteiger partial charge in [0.1, 0.15) is 0 Å². The summed E-state index contributed by atoms with van der Waals surface area (Å²) in [5.41, 5.74) is 2.50. The van der Waals surface area contributed by atoms with Crippen LogP contribution in [0.3, 0.4) is 0 Å². The maximum Gasteiger partial charge on any atom is 0.419 e. The van der Waals surface area contributed by atoms with Gasteiger partial charge in [0.15, 0.2) is 5.58 Å². The Balaban J connectivity index is 1.60. The molecule has 2 heterocycles. The quantitative estimate of drug-likeness (QED) is 0.906. The summed E-state index contributed by atoms with van der Waals surface area (Å²) in [6.07, 6.45) is 1.36. The Morgan fingerprint density at radius 1 is 1.42 bits per heavy atom. The standard InChI is InChI=1S/C18H25N3O3/c1-13-4-5-15-14(10-13)21(17(23)24-15)8-6-16(22)19-11-18(2)7-9-20(3)12-18/h4-5,10H,6-9,11-12H2,1-3H3,(H,19,22)/t18-/m0/s1. The molecule has 1 aliphatic rings. The van der Waals surface area contributed by atoms with Gasteiger partial charge in [-0.3, -0.25) is 9.36 Å². The normalized spacial score (nSPS) is 21.5. The molecule has 1 amide bonds. The Morgan fingerprint density at radius 3 is 2.92 bits per heavy atom. The van der Waals surface area contributed by atoms with Crippen molar-refractivity contribution in [3.05, 3.63) is 34.3 Å². The van der Waals surface area contributed by atoms with E-state index in [1.165, 1.54) is 4.57 Å².